The van der Waals surface area contributed by atoms with Gasteiger partial charge in [-0.1, -0.05) is 0 Å². The molecule has 2 aromatic rings. The van der Waals surface area contributed by atoms with Gasteiger partial charge in [-0.3, -0.25) is 10.1 Å². The van der Waals surface area contributed by atoms with Gasteiger partial charge in [0.1, 0.15) is 12.4 Å². The van der Waals surface area contributed by atoms with Crippen LogP contribution in [0.4, 0.5) is 5.69 Å². The van der Waals surface area contributed by atoms with E-state index in [1.54, 1.807) is 18.3 Å². The average Bonchev–Trinajstić information content (AvgIpc) is 2.46. The molecule has 1 aromatic heterocycles. The number of non-ortho nitro benzene ring substituents is 1. The number of hydrogen-bond donors (Lipinski definition) is 0. The van der Waals surface area contributed by atoms with E-state index in [4.69, 9.17) is 9.47 Å². The van der Waals surface area contributed by atoms with Gasteiger partial charge in [0.15, 0.2) is 0 Å². The summed E-state index contributed by atoms with van der Waals surface area (Å²) in [6.07, 6.45) is 1.62. The molecular formula is C13H11BrN2O4. The van der Waals surface area contributed by atoms with Crippen molar-refractivity contribution in [3.63, 3.8) is 0 Å². The second kappa shape index (κ2) is 6.33. The Balaban J connectivity index is 2.18. The Kier molecular flexibility index (Phi) is 4.52. The first-order valence-corrected chi connectivity index (χ1v) is 6.45. The summed E-state index contributed by atoms with van der Waals surface area (Å²) >= 11 is 3.29. The van der Waals surface area contributed by atoms with Gasteiger partial charge in [-0.05, 0) is 34.1 Å². The molecule has 6 nitrogen and oxygen atoms in total. The highest BCUT2D eigenvalue weighted by Crippen LogP contribution is 2.30. The molecule has 2 rings (SSSR count). The molecule has 7 heteroatoms. The Bertz CT molecular complexity index is 634. The van der Waals surface area contributed by atoms with Crippen molar-refractivity contribution in [3.8, 4) is 11.6 Å². The first-order chi connectivity index (χ1) is 9.61. The molecular weight excluding hydrogens is 328 g/mol. The summed E-state index contributed by atoms with van der Waals surface area (Å²) in [5, 5.41) is 10.7. The number of aromatic nitrogens is 1. The van der Waals surface area contributed by atoms with Crippen LogP contribution in [-0.4, -0.2) is 17.0 Å². The van der Waals surface area contributed by atoms with Crippen LogP contribution in [0.2, 0.25) is 0 Å². The van der Waals surface area contributed by atoms with Crippen LogP contribution < -0.4 is 9.47 Å². The number of halogens is 1. The van der Waals surface area contributed by atoms with E-state index in [0.29, 0.717) is 16.1 Å². The Hall–Kier alpha value is -2.15. The molecule has 1 heterocycles. The van der Waals surface area contributed by atoms with Crippen LogP contribution in [0.5, 0.6) is 11.6 Å². The Morgan fingerprint density at radius 3 is 2.90 bits per heavy atom. The van der Waals surface area contributed by atoms with Crippen molar-refractivity contribution in [2.24, 2.45) is 0 Å². The van der Waals surface area contributed by atoms with Gasteiger partial charge in [-0.15, -0.1) is 0 Å². The zero-order valence-corrected chi connectivity index (χ0v) is 12.2. The Morgan fingerprint density at radius 1 is 1.40 bits per heavy atom. The van der Waals surface area contributed by atoms with Crippen molar-refractivity contribution >= 4 is 21.6 Å². The minimum atomic E-state index is -0.468. The third-order valence-corrected chi connectivity index (χ3v) is 3.21. The molecule has 0 spiro atoms. The van der Waals surface area contributed by atoms with Crippen LogP contribution in [-0.2, 0) is 6.61 Å². The first-order valence-electron chi connectivity index (χ1n) is 5.66. The van der Waals surface area contributed by atoms with Crippen LogP contribution in [0.25, 0.3) is 0 Å². The lowest BCUT2D eigenvalue weighted by Crippen LogP contribution is -2.01. The third-order valence-electron chi connectivity index (χ3n) is 2.55. The molecule has 0 aliphatic heterocycles. The highest BCUT2D eigenvalue weighted by molar-refractivity contribution is 9.10. The number of nitro groups is 1. The molecule has 20 heavy (non-hydrogen) atoms. The number of rotatable bonds is 5. The van der Waals surface area contributed by atoms with Gasteiger partial charge >= 0.3 is 0 Å². The minimum absolute atomic E-state index is 0.0265. The van der Waals surface area contributed by atoms with Crippen molar-refractivity contribution in [1.29, 1.82) is 0 Å². The fourth-order valence-electron chi connectivity index (χ4n) is 1.59. The molecule has 0 radical (unpaired) electrons. The Morgan fingerprint density at radius 2 is 2.20 bits per heavy atom. The fraction of sp³-hybridized carbons (Fsp3) is 0.154. The molecule has 0 saturated carbocycles. The van der Waals surface area contributed by atoms with Crippen molar-refractivity contribution in [2.75, 3.05) is 7.11 Å². The molecule has 0 bridgehead atoms. The van der Waals surface area contributed by atoms with E-state index in [0.717, 1.165) is 5.56 Å². The molecule has 0 saturated heterocycles. The number of ether oxygens (including phenoxy) is 2. The van der Waals surface area contributed by atoms with Crippen molar-refractivity contribution < 1.29 is 14.4 Å². The fourth-order valence-corrected chi connectivity index (χ4v) is 1.95. The number of benzene rings is 1. The summed E-state index contributed by atoms with van der Waals surface area (Å²) in [5.74, 6) is 0.860. The second-order valence-corrected chi connectivity index (χ2v) is 4.69. The smallest absolute Gasteiger partial charge is 0.273 e. The summed E-state index contributed by atoms with van der Waals surface area (Å²) in [4.78, 5) is 14.3. The number of pyridine rings is 1. The predicted octanol–water partition coefficient (Wildman–Crippen LogP) is 3.34. The topological polar surface area (TPSA) is 74.5 Å². The van der Waals surface area contributed by atoms with E-state index in [1.165, 1.54) is 19.2 Å². The van der Waals surface area contributed by atoms with Crippen molar-refractivity contribution in [1.82, 2.24) is 4.98 Å². The average molecular weight is 339 g/mol. The minimum Gasteiger partial charge on any atom is -0.487 e. The van der Waals surface area contributed by atoms with E-state index >= 15 is 0 Å². The molecule has 0 N–H and O–H groups in total. The van der Waals surface area contributed by atoms with Gasteiger partial charge in [0.05, 0.1) is 28.1 Å². The Labute approximate surface area is 123 Å². The summed E-state index contributed by atoms with van der Waals surface area (Å²) < 4.78 is 11.3. The highest BCUT2D eigenvalue weighted by Gasteiger charge is 2.11. The van der Waals surface area contributed by atoms with E-state index in [2.05, 4.69) is 20.9 Å². The molecule has 104 valence electrons. The summed E-state index contributed by atoms with van der Waals surface area (Å²) in [6.45, 7) is 0.205. The number of hydrogen-bond acceptors (Lipinski definition) is 5. The molecule has 0 fully saturated rings. The molecule has 0 aliphatic carbocycles. The van der Waals surface area contributed by atoms with E-state index in [-0.39, 0.29) is 12.3 Å². The van der Waals surface area contributed by atoms with Crippen LogP contribution in [0, 0.1) is 10.1 Å². The van der Waals surface area contributed by atoms with E-state index < -0.39 is 4.92 Å². The molecule has 0 unspecified atom stereocenters. The summed E-state index contributed by atoms with van der Waals surface area (Å²) in [6, 6.07) is 7.93. The SMILES string of the molecule is COc1ncccc1COc1cc([N+](=O)[O-])ccc1Br. The van der Waals surface area contributed by atoms with Gasteiger partial charge in [0, 0.05) is 12.3 Å². The maximum atomic E-state index is 10.7. The van der Waals surface area contributed by atoms with Crippen molar-refractivity contribution in [3.05, 3.63) is 56.7 Å². The van der Waals surface area contributed by atoms with Crippen molar-refractivity contribution in [2.45, 2.75) is 6.61 Å². The van der Waals surface area contributed by atoms with Gasteiger partial charge in [-0.25, -0.2) is 4.98 Å². The van der Waals surface area contributed by atoms with Crippen LogP contribution in [0.15, 0.2) is 41.0 Å². The quantitative estimate of drug-likeness (QED) is 0.617. The summed E-state index contributed by atoms with van der Waals surface area (Å²) in [7, 11) is 1.52. The second-order valence-electron chi connectivity index (χ2n) is 3.83. The number of methoxy groups -OCH3 is 1. The molecule has 1 aromatic carbocycles. The first kappa shape index (κ1) is 14.3. The number of nitrogens with zero attached hydrogens (tertiary/aromatic N) is 2. The lowest BCUT2D eigenvalue weighted by molar-refractivity contribution is -0.385. The lowest BCUT2D eigenvalue weighted by Gasteiger charge is -2.10. The maximum absolute atomic E-state index is 10.7. The van der Waals surface area contributed by atoms with Gasteiger partial charge in [-0.2, -0.15) is 0 Å². The maximum Gasteiger partial charge on any atom is 0.273 e. The lowest BCUT2D eigenvalue weighted by atomic mass is 10.3. The van der Waals surface area contributed by atoms with Gasteiger partial charge in [0.25, 0.3) is 5.69 Å². The zero-order valence-electron chi connectivity index (χ0n) is 10.6. The van der Waals surface area contributed by atoms with Crippen LogP contribution in [0.1, 0.15) is 5.56 Å². The normalized spacial score (nSPS) is 10.1. The van der Waals surface area contributed by atoms with Gasteiger partial charge in [0.2, 0.25) is 5.88 Å². The zero-order chi connectivity index (χ0) is 14.5. The number of nitro benzene ring substituents is 1. The molecule has 0 atom stereocenters. The predicted molar refractivity (Wildman–Crippen MR) is 75.9 cm³/mol. The standard InChI is InChI=1S/C13H11BrN2O4/c1-19-13-9(3-2-6-15-13)8-20-12-7-10(16(17)18)4-5-11(12)14/h2-7H,8H2,1H3. The van der Waals surface area contributed by atoms with E-state index in [9.17, 15) is 10.1 Å². The van der Waals surface area contributed by atoms with Gasteiger partial charge < -0.3 is 9.47 Å². The highest BCUT2D eigenvalue weighted by atomic mass is 79.9. The molecule has 0 aliphatic rings. The van der Waals surface area contributed by atoms with E-state index in [1.807, 2.05) is 6.07 Å². The third kappa shape index (κ3) is 3.24. The van der Waals surface area contributed by atoms with Crippen LogP contribution in [0.3, 0.4) is 0 Å². The van der Waals surface area contributed by atoms with Crippen LogP contribution >= 0.6 is 15.9 Å². The summed E-state index contributed by atoms with van der Waals surface area (Å²) in [5.41, 5.74) is 0.731. The monoisotopic (exact) mass is 338 g/mol. The largest absolute Gasteiger partial charge is 0.487 e. The molecule has 0 amide bonds.